The van der Waals surface area contributed by atoms with Gasteiger partial charge in [0.05, 0.1) is 5.54 Å². The number of aromatic nitrogens is 3. The fourth-order valence-electron chi connectivity index (χ4n) is 5.49. The second kappa shape index (κ2) is 10.5. The van der Waals surface area contributed by atoms with Gasteiger partial charge >= 0.3 is 0 Å². The van der Waals surface area contributed by atoms with E-state index in [9.17, 15) is 0 Å². The number of anilines is 2. The van der Waals surface area contributed by atoms with E-state index in [1.807, 2.05) is 0 Å². The molecule has 1 aliphatic rings. The lowest BCUT2D eigenvalue weighted by atomic mass is 9.66. The summed E-state index contributed by atoms with van der Waals surface area (Å²) in [5.41, 5.74) is 2.55. The van der Waals surface area contributed by atoms with Crippen LogP contribution in [-0.2, 0) is 11.1 Å². The normalized spacial score (nSPS) is 22.5. The van der Waals surface area contributed by atoms with Crippen LogP contribution in [0, 0.1) is 0 Å². The Bertz CT molecular complexity index is 1030. The van der Waals surface area contributed by atoms with Gasteiger partial charge in [0.2, 0.25) is 11.9 Å². The molecule has 1 N–H and O–H groups in total. The van der Waals surface area contributed by atoms with Crippen molar-refractivity contribution in [3.05, 3.63) is 78.1 Å². The molecule has 6 nitrogen and oxygen atoms in total. The van der Waals surface area contributed by atoms with E-state index < -0.39 is 0 Å². The Morgan fingerprint density at radius 1 is 0.794 bits per heavy atom. The van der Waals surface area contributed by atoms with Crippen molar-refractivity contribution in [1.82, 2.24) is 19.9 Å². The zero-order chi connectivity index (χ0) is 24.0. The zero-order valence-corrected chi connectivity index (χ0v) is 21.0. The molecule has 3 aromatic rings. The van der Waals surface area contributed by atoms with Crippen LogP contribution in [0.25, 0.3) is 0 Å². The van der Waals surface area contributed by atoms with Crippen LogP contribution in [0.4, 0.5) is 11.9 Å². The third-order valence-electron chi connectivity index (χ3n) is 7.70. The van der Waals surface area contributed by atoms with E-state index in [-0.39, 0.29) is 11.1 Å². The predicted octanol–water partition coefficient (Wildman–Crippen LogP) is 5.45. The SMILES string of the molecule is CCCCNc1ncnc(N(C)C2(c3ccccc3)CCC(c3ccccc3)(N(C)C)CC2)n1. The minimum atomic E-state index is -0.183. The lowest BCUT2D eigenvalue weighted by Gasteiger charge is -2.53. The summed E-state index contributed by atoms with van der Waals surface area (Å²) in [6.45, 7) is 3.06. The highest BCUT2D eigenvalue weighted by Crippen LogP contribution is 2.51. The maximum atomic E-state index is 4.80. The first-order valence-corrected chi connectivity index (χ1v) is 12.5. The van der Waals surface area contributed by atoms with Crippen LogP contribution in [0.3, 0.4) is 0 Å². The molecule has 2 aromatic carbocycles. The number of nitrogens with zero attached hydrogens (tertiary/aromatic N) is 5. The van der Waals surface area contributed by atoms with E-state index in [0.717, 1.165) is 51.0 Å². The molecule has 0 saturated heterocycles. The highest BCUT2D eigenvalue weighted by Gasteiger charge is 2.48. The van der Waals surface area contributed by atoms with Gasteiger partial charge in [0, 0.05) is 19.1 Å². The Morgan fingerprint density at radius 2 is 1.35 bits per heavy atom. The maximum Gasteiger partial charge on any atom is 0.230 e. The fraction of sp³-hybridized carbons (Fsp3) is 0.464. The third kappa shape index (κ3) is 4.64. The monoisotopic (exact) mass is 458 g/mol. The van der Waals surface area contributed by atoms with Crippen LogP contribution in [0.1, 0.15) is 56.6 Å². The molecule has 34 heavy (non-hydrogen) atoms. The topological polar surface area (TPSA) is 57.2 Å². The Labute approximate surface area is 204 Å². The van der Waals surface area contributed by atoms with Crippen molar-refractivity contribution in [2.45, 2.75) is 56.5 Å². The molecule has 1 aliphatic carbocycles. The Morgan fingerprint density at radius 3 is 1.91 bits per heavy atom. The van der Waals surface area contributed by atoms with Crippen LogP contribution >= 0.6 is 0 Å². The second-order valence-corrected chi connectivity index (χ2v) is 9.64. The second-order valence-electron chi connectivity index (χ2n) is 9.64. The van der Waals surface area contributed by atoms with Gasteiger partial charge in [-0.25, -0.2) is 9.97 Å². The maximum absolute atomic E-state index is 4.80. The van der Waals surface area contributed by atoms with Crippen molar-refractivity contribution < 1.29 is 0 Å². The summed E-state index contributed by atoms with van der Waals surface area (Å²) in [4.78, 5) is 18.5. The lowest BCUT2D eigenvalue weighted by Crippen LogP contribution is -2.54. The van der Waals surface area contributed by atoms with Crippen LogP contribution in [0.15, 0.2) is 67.0 Å². The smallest absolute Gasteiger partial charge is 0.230 e. The molecule has 6 heteroatoms. The Kier molecular flexibility index (Phi) is 7.47. The average Bonchev–Trinajstić information content (AvgIpc) is 2.89. The van der Waals surface area contributed by atoms with Gasteiger partial charge in [-0.05, 0) is 57.3 Å². The molecular weight excluding hydrogens is 420 g/mol. The lowest BCUT2D eigenvalue weighted by molar-refractivity contribution is 0.0642. The van der Waals surface area contributed by atoms with E-state index in [1.165, 1.54) is 11.1 Å². The number of hydrogen-bond donors (Lipinski definition) is 1. The summed E-state index contributed by atoms with van der Waals surface area (Å²) in [7, 11) is 6.57. The largest absolute Gasteiger partial charge is 0.354 e. The van der Waals surface area contributed by atoms with E-state index in [2.05, 4.69) is 114 Å². The van der Waals surface area contributed by atoms with Gasteiger partial charge in [0.1, 0.15) is 6.33 Å². The van der Waals surface area contributed by atoms with E-state index in [4.69, 9.17) is 4.98 Å². The van der Waals surface area contributed by atoms with E-state index >= 15 is 0 Å². The number of unbranched alkanes of at least 4 members (excludes halogenated alkanes) is 1. The minimum Gasteiger partial charge on any atom is -0.354 e. The molecule has 1 fully saturated rings. The summed E-state index contributed by atoms with van der Waals surface area (Å²) in [5.74, 6) is 1.37. The standard InChI is InChI=1S/C28H38N6/c1-5-6-21-29-25-30-22-31-26(32-25)34(4)28(24-15-11-8-12-16-24)19-17-27(18-20-28,33(2)3)23-13-9-7-10-14-23/h7-16,22H,5-6,17-21H2,1-4H3,(H,29,30,31,32). The summed E-state index contributed by atoms with van der Waals surface area (Å²) in [5, 5.41) is 3.35. The van der Waals surface area contributed by atoms with Crippen molar-refractivity contribution in [2.24, 2.45) is 0 Å². The van der Waals surface area contributed by atoms with E-state index in [1.54, 1.807) is 6.33 Å². The molecule has 0 spiro atoms. The molecule has 0 radical (unpaired) electrons. The van der Waals surface area contributed by atoms with Gasteiger partial charge in [-0.1, -0.05) is 74.0 Å². The van der Waals surface area contributed by atoms with Gasteiger partial charge in [0.15, 0.2) is 0 Å². The first-order chi connectivity index (χ1) is 16.5. The van der Waals surface area contributed by atoms with Crippen molar-refractivity contribution in [2.75, 3.05) is 37.9 Å². The Hall–Kier alpha value is -2.99. The third-order valence-corrected chi connectivity index (χ3v) is 7.70. The Balaban J connectivity index is 1.68. The summed E-state index contributed by atoms with van der Waals surface area (Å²) in [6, 6.07) is 21.8. The number of rotatable bonds is 9. The van der Waals surface area contributed by atoms with Crippen LogP contribution in [-0.4, -0.2) is 47.5 Å². The number of hydrogen-bond acceptors (Lipinski definition) is 6. The van der Waals surface area contributed by atoms with E-state index in [0.29, 0.717) is 5.95 Å². The van der Waals surface area contributed by atoms with Crippen LogP contribution in [0.5, 0.6) is 0 Å². The number of benzene rings is 2. The molecule has 0 amide bonds. The molecule has 1 heterocycles. The van der Waals surface area contributed by atoms with Crippen molar-refractivity contribution in [1.29, 1.82) is 0 Å². The van der Waals surface area contributed by atoms with Gasteiger partial charge in [0.25, 0.3) is 0 Å². The minimum absolute atomic E-state index is 0.0202. The molecule has 180 valence electrons. The van der Waals surface area contributed by atoms with Crippen molar-refractivity contribution in [3.8, 4) is 0 Å². The predicted molar refractivity (Wildman–Crippen MR) is 140 cm³/mol. The molecular formula is C28H38N6. The molecule has 0 atom stereocenters. The van der Waals surface area contributed by atoms with Crippen molar-refractivity contribution in [3.63, 3.8) is 0 Å². The molecule has 1 saturated carbocycles. The molecule has 1 aromatic heterocycles. The van der Waals surface area contributed by atoms with Crippen LogP contribution in [0.2, 0.25) is 0 Å². The van der Waals surface area contributed by atoms with Gasteiger partial charge in [-0.15, -0.1) is 0 Å². The molecule has 4 rings (SSSR count). The first kappa shape index (κ1) is 24.1. The average molecular weight is 459 g/mol. The molecule has 0 bridgehead atoms. The van der Waals surface area contributed by atoms with Crippen LogP contribution < -0.4 is 10.2 Å². The van der Waals surface area contributed by atoms with Crippen molar-refractivity contribution >= 4 is 11.9 Å². The fourth-order valence-corrected chi connectivity index (χ4v) is 5.49. The highest BCUT2D eigenvalue weighted by atomic mass is 15.3. The van der Waals surface area contributed by atoms with Gasteiger partial charge in [-0.3, -0.25) is 4.90 Å². The summed E-state index contributed by atoms with van der Waals surface area (Å²) in [6.07, 6.45) is 7.97. The molecule has 0 aliphatic heterocycles. The number of nitrogens with one attached hydrogen (secondary N) is 1. The highest BCUT2D eigenvalue weighted by molar-refractivity contribution is 5.44. The van der Waals surface area contributed by atoms with Gasteiger partial charge in [-0.2, -0.15) is 4.98 Å². The quantitative estimate of drug-likeness (QED) is 0.431. The summed E-state index contributed by atoms with van der Waals surface area (Å²) < 4.78 is 0. The first-order valence-electron chi connectivity index (χ1n) is 12.5. The molecule has 0 unspecified atom stereocenters. The summed E-state index contributed by atoms with van der Waals surface area (Å²) >= 11 is 0. The van der Waals surface area contributed by atoms with Gasteiger partial charge < -0.3 is 10.2 Å². The zero-order valence-electron chi connectivity index (χ0n) is 21.0.